The van der Waals surface area contributed by atoms with E-state index in [1.54, 1.807) is 6.07 Å². The Bertz CT molecular complexity index is 1480. The van der Waals surface area contributed by atoms with Gasteiger partial charge in [0.2, 0.25) is 5.91 Å². The van der Waals surface area contributed by atoms with Crippen molar-refractivity contribution < 1.29 is 37.1 Å². The number of hydrogen-bond acceptors (Lipinski definition) is 7. The van der Waals surface area contributed by atoms with Crippen LogP contribution in [-0.4, -0.2) is 81.9 Å². The van der Waals surface area contributed by atoms with Crippen LogP contribution in [0.2, 0.25) is 0 Å². The van der Waals surface area contributed by atoms with E-state index in [1.807, 2.05) is 0 Å². The second-order valence-corrected chi connectivity index (χ2v) is 10.5. The number of hydrogen-bond donors (Lipinski definition) is 6. The molecule has 0 radical (unpaired) electrons. The van der Waals surface area contributed by atoms with Crippen LogP contribution in [0.1, 0.15) is 23.2 Å². The Labute approximate surface area is 244 Å². The number of aromatic nitrogens is 2. The number of aliphatic carboxylic acids is 1. The minimum absolute atomic E-state index is 0.0193. The van der Waals surface area contributed by atoms with Gasteiger partial charge >= 0.3 is 12.1 Å². The first-order valence-corrected chi connectivity index (χ1v) is 13.6. The third-order valence-corrected chi connectivity index (χ3v) is 6.83. The molecule has 0 bridgehead atoms. The van der Waals surface area contributed by atoms with E-state index in [0.29, 0.717) is 22.5 Å². The van der Waals surface area contributed by atoms with Crippen LogP contribution in [0.15, 0.2) is 58.8 Å². The minimum Gasteiger partial charge on any atom is -0.481 e. The summed E-state index contributed by atoms with van der Waals surface area (Å²) in [7, 11) is 0. The average molecular weight is 656 g/mol. The van der Waals surface area contributed by atoms with E-state index >= 15 is 0 Å². The van der Waals surface area contributed by atoms with Crippen LogP contribution in [0.5, 0.6) is 0 Å². The fourth-order valence-corrected chi connectivity index (χ4v) is 4.70. The van der Waals surface area contributed by atoms with Crippen LogP contribution in [0.25, 0.3) is 10.9 Å². The monoisotopic (exact) mass is 655 g/mol. The van der Waals surface area contributed by atoms with Crippen LogP contribution in [-0.2, 0) is 9.59 Å². The van der Waals surface area contributed by atoms with Crippen LogP contribution in [0.3, 0.4) is 0 Å². The number of carbonyl (C=O) groups excluding carboxylic acids is 2. The lowest BCUT2D eigenvalue weighted by molar-refractivity contribution is -0.137. The van der Waals surface area contributed by atoms with Gasteiger partial charge in [-0.2, -0.15) is 18.3 Å². The molecule has 2 heterocycles. The van der Waals surface area contributed by atoms with Crippen molar-refractivity contribution in [2.45, 2.75) is 36.1 Å². The number of benzene rings is 1. The summed E-state index contributed by atoms with van der Waals surface area (Å²) in [5.41, 5.74) is 0.177. The lowest BCUT2D eigenvalue weighted by Crippen LogP contribution is -2.43. The summed E-state index contributed by atoms with van der Waals surface area (Å²) in [6.07, 6.45) is -0.496. The first kappa shape index (κ1) is 30.7. The Morgan fingerprint density at radius 1 is 1.24 bits per heavy atom. The lowest BCUT2D eigenvalue weighted by atomic mass is 9.99. The van der Waals surface area contributed by atoms with Crippen molar-refractivity contribution in [3.63, 3.8) is 0 Å². The zero-order valence-electron chi connectivity index (χ0n) is 21.8. The number of anilines is 1. The largest absolute Gasteiger partial charge is 0.481 e. The number of guanidine groups is 1. The van der Waals surface area contributed by atoms with E-state index in [9.17, 15) is 31.9 Å². The van der Waals surface area contributed by atoms with E-state index < -0.39 is 59.5 Å². The molecule has 2 amide bonds. The van der Waals surface area contributed by atoms with Gasteiger partial charge in [0.05, 0.1) is 53.4 Å². The summed E-state index contributed by atoms with van der Waals surface area (Å²) >= 11 is 3.23. The predicted octanol–water partition coefficient (Wildman–Crippen LogP) is 3.10. The fraction of sp³-hybridized carbons (Fsp3) is 0.346. The van der Waals surface area contributed by atoms with Gasteiger partial charge in [-0.05, 0) is 30.2 Å². The normalized spacial score (nSPS) is 19.5. The first-order chi connectivity index (χ1) is 19.9. The maximum absolute atomic E-state index is 13.5. The molecule has 6 N–H and O–H groups in total. The Morgan fingerprint density at radius 3 is 2.71 bits per heavy atom. The van der Waals surface area contributed by atoms with E-state index in [4.69, 9.17) is 5.11 Å². The molecule has 3 unspecified atom stereocenters. The number of fused-ring (bicyclic) bond motifs is 1. The number of carboxylic acid groups (broad SMARTS) is 1. The minimum atomic E-state index is -4.67. The predicted molar refractivity (Wildman–Crippen MR) is 150 cm³/mol. The third kappa shape index (κ3) is 8.18. The molecule has 0 fully saturated rings. The molecular weight excluding hydrogens is 630 g/mol. The highest BCUT2D eigenvalue weighted by molar-refractivity contribution is 9.09. The summed E-state index contributed by atoms with van der Waals surface area (Å²) in [6.45, 7) is -0.496. The third-order valence-electron chi connectivity index (χ3n) is 6.26. The Morgan fingerprint density at radius 2 is 2.02 bits per heavy atom. The van der Waals surface area contributed by atoms with E-state index in [2.05, 4.69) is 52.4 Å². The molecule has 1 aliphatic heterocycles. The topological polar surface area (TPSA) is 161 Å². The number of nitrogens with zero attached hydrogens (tertiary/aromatic N) is 2. The van der Waals surface area contributed by atoms with Crippen molar-refractivity contribution in [3.8, 4) is 0 Å². The molecular formula is C26H26BrF4N7O4. The molecule has 224 valence electrons. The van der Waals surface area contributed by atoms with Gasteiger partial charge in [-0.3, -0.25) is 19.5 Å². The number of carboxylic acids is 1. The van der Waals surface area contributed by atoms with Crippen molar-refractivity contribution in [3.05, 3.63) is 59.3 Å². The van der Waals surface area contributed by atoms with Crippen LogP contribution in [0, 0.1) is 0 Å². The molecule has 0 saturated carbocycles. The van der Waals surface area contributed by atoms with Crippen molar-refractivity contribution >= 4 is 56.3 Å². The van der Waals surface area contributed by atoms with Gasteiger partial charge in [0.25, 0.3) is 5.91 Å². The van der Waals surface area contributed by atoms with E-state index in [-0.39, 0.29) is 30.6 Å². The molecule has 1 aliphatic carbocycles. The fourth-order valence-electron chi connectivity index (χ4n) is 4.24. The van der Waals surface area contributed by atoms with Gasteiger partial charge in [-0.15, -0.1) is 0 Å². The van der Waals surface area contributed by atoms with Gasteiger partial charge in [0, 0.05) is 17.5 Å². The summed E-state index contributed by atoms with van der Waals surface area (Å²) in [5, 5.41) is 27.1. The molecule has 4 rings (SSSR count). The summed E-state index contributed by atoms with van der Waals surface area (Å²) in [4.78, 5) is 40.6. The molecule has 2 aliphatic rings. The van der Waals surface area contributed by atoms with Crippen molar-refractivity contribution in [1.29, 1.82) is 0 Å². The second-order valence-electron chi connectivity index (χ2n) is 9.45. The van der Waals surface area contributed by atoms with Crippen LogP contribution in [0.4, 0.5) is 23.2 Å². The number of halogens is 5. The van der Waals surface area contributed by atoms with Crippen LogP contribution >= 0.6 is 15.9 Å². The average Bonchev–Trinajstić information content (AvgIpc) is 3.30. The highest BCUT2D eigenvalue weighted by Crippen LogP contribution is 2.31. The summed E-state index contributed by atoms with van der Waals surface area (Å²) in [5.74, 6) is -2.27. The van der Waals surface area contributed by atoms with Gasteiger partial charge in [-0.25, -0.2) is 9.38 Å². The number of H-pyrrole nitrogens is 1. The number of aromatic amines is 1. The Kier molecular flexibility index (Phi) is 9.65. The molecule has 1 aromatic heterocycles. The van der Waals surface area contributed by atoms with Gasteiger partial charge in [0.15, 0.2) is 5.96 Å². The van der Waals surface area contributed by atoms with Gasteiger partial charge in [0.1, 0.15) is 6.17 Å². The number of amides is 2. The zero-order valence-corrected chi connectivity index (χ0v) is 23.4. The number of nitrogens with one attached hydrogen (secondary N) is 5. The molecule has 1 aromatic carbocycles. The van der Waals surface area contributed by atoms with Crippen molar-refractivity contribution in [2.24, 2.45) is 4.99 Å². The highest BCUT2D eigenvalue weighted by atomic mass is 79.9. The van der Waals surface area contributed by atoms with Crippen molar-refractivity contribution in [2.75, 3.05) is 25.0 Å². The molecule has 42 heavy (non-hydrogen) atoms. The molecule has 2 aromatic rings. The second kappa shape index (κ2) is 13.2. The summed E-state index contributed by atoms with van der Waals surface area (Å²) in [6, 6.07) is 2.08. The lowest BCUT2D eigenvalue weighted by Gasteiger charge is -2.21. The Balaban J connectivity index is 1.48. The standard InChI is InChI=1S/C26H26BrF4N7O4/c27-15-2-1-14(26(29,30)31)5-13(6-15)20(3-4-23(40)41)37-22(39)12-32-24(42)18-7-17(8-21-19(18)11-35-38-21)36-25-33-9-16(28)10-34-25/h1-2,5-8,11,15-16,20H,3-4,9-10,12H2,(H,32,42)(H,35,38)(H,37,39)(H,40,41)(H2,33,34,36). The van der Waals surface area contributed by atoms with Gasteiger partial charge in [-0.1, -0.05) is 34.2 Å². The number of rotatable bonds is 9. The quantitative estimate of drug-likeness (QED) is 0.179. The van der Waals surface area contributed by atoms with Crippen molar-refractivity contribution in [1.82, 2.24) is 26.1 Å². The zero-order chi connectivity index (χ0) is 30.4. The maximum Gasteiger partial charge on any atom is 0.416 e. The molecule has 16 heteroatoms. The number of allylic oxidation sites excluding steroid dienone is 4. The number of aliphatic imine (C=N–C) groups is 1. The molecule has 0 spiro atoms. The Hall–Kier alpha value is -4.21. The van der Waals surface area contributed by atoms with E-state index in [1.165, 1.54) is 24.4 Å². The van der Waals surface area contributed by atoms with Crippen LogP contribution < -0.4 is 21.3 Å². The molecule has 0 saturated heterocycles. The van der Waals surface area contributed by atoms with E-state index in [0.717, 1.165) is 12.2 Å². The highest BCUT2D eigenvalue weighted by Gasteiger charge is 2.33. The molecule has 11 nitrogen and oxygen atoms in total. The number of carbonyl (C=O) groups is 3. The van der Waals surface area contributed by atoms with Gasteiger partial charge < -0.3 is 26.4 Å². The first-order valence-electron chi connectivity index (χ1n) is 12.7. The maximum atomic E-state index is 13.5. The summed E-state index contributed by atoms with van der Waals surface area (Å²) < 4.78 is 53.8. The number of alkyl halides is 5. The molecule has 3 atom stereocenters. The smallest absolute Gasteiger partial charge is 0.416 e. The SMILES string of the molecule is O=C(O)CCC(NC(=O)CNC(=O)c1cc(NC2=NCC(F)CN2)cc2[nH]ncc12)C1=CC(Br)C=CC(C(F)(F)F)=C1.